The van der Waals surface area contributed by atoms with Crippen molar-refractivity contribution in [3.8, 4) is 0 Å². The van der Waals surface area contributed by atoms with Gasteiger partial charge in [-0.1, -0.05) is 30.3 Å². The topological polar surface area (TPSA) is 83.5 Å². The number of hydrazine groups is 1. The molecule has 2 rings (SSSR count). The first kappa shape index (κ1) is 13.3. The number of aliphatic hydroxyl groups excluding tert-OH is 1. The second kappa shape index (κ2) is 6.72. The van der Waals surface area contributed by atoms with Crippen molar-refractivity contribution in [2.45, 2.75) is 13.2 Å². The zero-order valence-electron chi connectivity index (χ0n) is 10.00. The number of nitrogens with one attached hydrogen (secondary N) is 2. The van der Waals surface area contributed by atoms with Gasteiger partial charge in [-0.05, 0) is 5.56 Å². The van der Waals surface area contributed by atoms with Crippen LogP contribution in [0.25, 0.3) is 0 Å². The number of hydrogen-bond donors (Lipinski definition) is 3. The van der Waals surface area contributed by atoms with Crippen molar-refractivity contribution in [3.63, 3.8) is 0 Å². The molecule has 1 heterocycles. The maximum atomic E-state index is 11.4. The molecule has 0 aliphatic rings. The van der Waals surface area contributed by atoms with Gasteiger partial charge in [-0.3, -0.25) is 5.43 Å². The molecule has 7 heteroatoms. The number of thiazole rings is 1. The number of amides is 1. The third-order valence-electron chi connectivity index (χ3n) is 2.20. The first-order valence-electron chi connectivity index (χ1n) is 5.56. The van der Waals surface area contributed by atoms with Crippen LogP contribution < -0.4 is 10.9 Å². The summed E-state index contributed by atoms with van der Waals surface area (Å²) in [4.78, 5) is 15.4. The van der Waals surface area contributed by atoms with E-state index in [0.29, 0.717) is 10.8 Å². The number of hydrogen-bond acceptors (Lipinski definition) is 6. The number of carbonyl (C=O) groups excluding carboxylic acids is 1. The predicted molar refractivity (Wildman–Crippen MR) is 71.4 cm³/mol. The largest absolute Gasteiger partial charge is 0.443 e. The Balaban J connectivity index is 1.73. The van der Waals surface area contributed by atoms with E-state index in [2.05, 4.69) is 15.8 Å². The van der Waals surface area contributed by atoms with Crippen molar-refractivity contribution in [2.24, 2.45) is 0 Å². The van der Waals surface area contributed by atoms with Crippen LogP contribution in [0.2, 0.25) is 0 Å². The maximum absolute atomic E-state index is 11.4. The Morgan fingerprint density at radius 3 is 2.84 bits per heavy atom. The van der Waals surface area contributed by atoms with Crippen LogP contribution in [-0.4, -0.2) is 16.2 Å². The minimum absolute atomic E-state index is 0.128. The molecule has 0 atom stereocenters. The number of benzene rings is 1. The maximum Gasteiger partial charge on any atom is 0.426 e. The highest BCUT2D eigenvalue weighted by Gasteiger charge is 2.04. The number of anilines is 1. The SMILES string of the molecule is O=C(NNc1nc(CO)cs1)OCc1ccccc1. The van der Waals surface area contributed by atoms with Crippen LogP contribution in [0.5, 0.6) is 0 Å². The molecule has 3 N–H and O–H groups in total. The normalized spacial score (nSPS) is 9.95. The van der Waals surface area contributed by atoms with E-state index in [-0.39, 0.29) is 13.2 Å². The van der Waals surface area contributed by atoms with Crippen LogP contribution in [-0.2, 0) is 18.0 Å². The van der Waals surface area contributed by atoms with Gasteiger partial charge in [-0.2, -0.15) is 0 Å². The van der Waals surface area contributed by atoms with Crippen molar-refractivity contribution in [1.82, 2.24) is 10.4 Å². The van der Waals surface area contributed by atoms with Gasteiger partial charge in [-0.25, -0.2) is 15.2 Å². The quantitative estimate of drug-likeness (QED) is 0.728. The molecule has 0 aliphatic heterocycles. The molecule has 0 aliphatic carbocycles. The van der Waals surface area contributed by atoms with Gasteiger partial charge in [0.15, 0.2) is 0 Å². The number of ether oxygens (including phenoxy) is 1. The molecular formula is C12H13N3O3S. The molecular weight excluding hydrogens is 266 g/mol. The number of nitrogens with zero attached hydrogens (tertiary/aromatic N) is 1. The fourth-order valence-corrected chi connectivity index (χ4v) is 1.96. The highest BCUT2D eigenvalue weighted by molar-refractivity contribution is 7.13. The van der Waals surface area contributed by atoms with E-state index < -0.39 is 6.09 Å². The van der Waals surface area contributed by atoms with E-state index in [1.165, 1.54) is 11.3 Å². The lowest BCUT2D eigenvalue weighted by molar-refractivity contribution is 0.142. The van der Waals surface area contributed by atoms with E-state index in [1.54, 1.807) is 5.38 Å². The van der Waals surface area contributed by atoms with Gasteiger partial charge in [0.25, 0.3) is 0 Å². The van der Waals surface area contributed by atoms with Crippen LogP contribution in [0.4, 0.5) is 9.93 Å². The molecule has 0 saturated carbocycles. The Kier molecular flexibility index (Phi) is 4.71. The summed E-state index contributed by atoms with van der Waals surface area (Å²) in [7, 11) is 0. The summed E-state index contributed by atoms with van der Waals surface area (Å²) < 4.78 is 5.00. The van der Waals surface area contributed by atoms with Crippen LogP contribution in [0.3, 0.4) is 0 Å². The molecule has 1 aromatic carbocycles. The van der Waals surface area contributed by atoms with Crippen molar-refractivity contribution >= 4 is 22.6 Å². The van der Waals surface area contributed by atoms with Crippen LogP contribution in [0, 0.1) is 0 Å². The molecule has 1 aromatic heterocycles. The zero-order valence-corrected chi connectivity index (χ0v) is 10.8. The van der Waals surface area contributed by atoms with Crippen LogP contribution in [0.15, 0.2) is 35.7 Å². The number of aromatic nitrogens is 1. The van der Waals surface area contributed by atoms with Gasteiger partial charge < -0.3 is 9.84 Å². The first-order valence-corrected chi connectivity index (χ1v) is 6.44. The van der Waals surface area contributed by atoms with Gasteiger partial charge in [0.1, 0.15) is 6.61 Å². The predicted octanol–water partition coefficient (Wildman–Crippen LogP) is 1.89. The lowest BCUT2D eigenvalue weighted by atomic mass is 10.2. The van der Waals surface area contributed by atoms with E-state index in [9.17, 15) is 4.79 Å². The van der Waals surface area contributed by atoms with Gasteiger partial charge >= 0.3 is 6.09 Å². The molecule has 2 aromatic rings. The highest BCUT2D eigenvalue weighted by Crippen LogP contribution is 2.13. The van der Waals surface area contributed by atoms with Crippen molar-refractivity contribution in [2.75, 3.05) is 5.43 Å². The summed E-state index contributed by atoms with van der Waals surface area (Å²) in [6.07, 6.45) is -0.593. The number of aliphatic hydroxyl groups is 1. The Hall–Kier alpha value is -2.12. The standard InChI is InChI=1S/C12H13N3O3S/c16-6-10-8-19-11(13-10)14-15-12(17)18-7-9-4-2-1-3-5-9/h1-5,8,16H,6-7H2,(H,13,14)(H,15,17). The summed E-state index contributed by atoms with van der Waals surface area (Å²) in [6, 6.07) is 9.39. The monoisotopic (exact) mass is 279 g/mol. The Morgan fingerprint density at radius 2 is 2.16 bits per heavy atom. The minimum Gasteiger partial charge on any atom is -0.443 e. The number of carbonyl (C=O) groups is 1. The fourth-order valence-electron chi connectivity index (χ4n) is 1.30. The van der Waals surface area contributed by atoms with E-state index in [1.807, 2.05) is 30.3 Å². The van der Waals surface area contributed by atoms with Crippen molar-refractivity contribution in [3.05, 3.63) is 47.0 Å². The van der Waals surface area contributed by atoms with E-state index in [0.717, 1.165) is 5.56 Å². The Labute approximate surface area is 114 Å². The highest BCUT2D eigenvalue weighted by atomic mass is 32.1. The third kappa shape index (κ3) is 4.23. The Morgan fingerprint density at radius 1 is 1.37 bits per heavy atom. The number of rotatable bonds is 5. The lowest BCUT2D eigenvalue weighted by Crippen LogP contribution is -2.29. The van der Waals surface area contributed by atoms with Gasteiger partial charge in [0, 0.05) is 5.38 Å². The molecule has 0 radical (unpaired) electrons. The molecule has 0 fully saturated rings. The summed E-state index contributed by atoms with van der Waals surface area (Å²) in [5.41, 5.74) is 6.43. The summed E-state index contributed by atoms with van der Waals surface area (Å²) in [6.45, 7) is 0.0742. The van der Waals surface area contributed by atoms with Crippen molar-refractivity contribution in [1.29, 1.82) is 0 Å². The van der Waals surface area contributed by atoms with Crippen molar-refractivity contribution < 1.29 is 14.6 Å². The zero-order chi connectivity index (χ0) is 13.5. The molecule has 6 nitrogen and oxygen atoms in total. The van der Waals surface area contributed by atoms with Gasteiger partial charge in [0.2, 0.25) is 5.13 Å². The third-order valence-corrected chi connectivity index (χ3v) is 3.00. The lowest BCUT2D eigenvalue weighted by Gasteiger charge is -2.07. The average molecular weight is 279 g/mol. The van der Waals surface area contributed by atoms with Crippen LogP contribution >= 0.6 is 11.3 Å². The second-order valence-corrected chi connectivity index (χ2v) is 4.47. The average Bonchev–Trinajstić information content (AvgIpc) is 2.92. The fraction of sp³-hybridized carbons (Fsp3) is 0.167. The molecule has 19 heavy (non-hydrogen) atoms. The minimum atomic E-state index is -0.593. The first-order chi connectivity index (χ1) is 9.28. The summed E-state index contributed by atoms with van der Waals surface area (Å²) in [5, 5.41) is 11.0. The van der Waals surface area contributed by atoms with Crippen LogP contribution in [0.1, 0.15) is 11.3 Å². The van der Waals surface area contributed by atoms with Gasteiger partial charge in [0.05, 0.1) is 12.3 Å². The summed E-state index contributed by atoms with van der Waals surface area (Å²) >= 11 is 1.28. The second-order valence-electron chi connectivity index (χ2n) is 3.61. The molecule has 0 unspecified atom stereocenters. The van der Waals surface area contributed by atoms with Gasteiger partial charge in [-0.15, -0.1) is 11.3 Å². The molecule has 0 saturated heterocycles. The smallest absolute Gasteiger partial charge is 0.426 e. The Bertz CT molecular complexity index is 530. The molecule has 0 spiro atoms. The van der Waals surface area contributed by atoms with E-state index >= 15 is 0 Å². The summed E-state index contributed by atoms with van der Waals surface area (Å²) in [5.74, 6) is 0. The van der Waals surface area contributed by atoms with E-state index in [4.69, 9.17) is 9.84 Å². The molecule has 100 valence electrons. The molecule has 1 amide bonds. The molecule has 0 bridgehead atoms.